The van der Waals surface area contributed by atoms with Gasteiger partial charge in [0.1, 0.15) is 5.75 Å². The van der Waals surface area contributed by atoms with Crippen molar-refractivity contribution in [2.75, 3.05) is 26.2 Å². The SMILES string of the molecule is C=CC[C@H](c1ccc(Cl)c(Br)c1O)N1CCNCC1. The van der Waals surface area contributed by atoms with Gasteiger partial charge in [-0.05, 0) is 28.4 Å². The van der Waals surface area contributed by atoms with E-state index in [2.05, 4.69) is 32.7 Å². The molecule has 104 valence electrons. The van der Waals surface area contributed by atoms with Crippen LogP contribution in [0.15, 0.2) is 29.3 Å². The van der Waals surface area contributed by atoms with Gasteiger partial charge in [0.05, 0.1) is 9.50 Å². The predicted octanol–water partition coefficient (Wildman–Crippen LogP) is 3.33. The molecule has 1 atom stereocenters. The Bertz CT molecular complexity index is 461. The molecular formula is C14H18BrClN2O. The molecule has 1 aliphatic heterocycles. The Balaban J connectivity index is 2.32. The molecule has 1 aromatic rings. The zero-order chi connectivity index (χ0) is 13.8. The van der Waals surface area contributed by atoms with Gasteiger partial charge in [-0.25, -0.2) is 0 Å². The van der Waals surface area contributed by atoms with E-state index in [1.807, 2.05) is 18.2 Å². The van der Waals surface area contributed by atoms with E-state index in [0.717, 1.165) is 38.2 Å². The van der Waals surface area contributed by atoms with Crippen molar-refractivity contribution in [2.45, 2.75) is 12.5 Å². The Morgan fingerprint density at radius 2 is 2.16 bits per heavy atom. The summed E-state index contributed by atoms with van der Waals surface area (Å²) in [6.07, 6.45) is 2.70. The number of aromatic hydroxyl groups is 1. The van der Waals surface area contributed by atoms with E-state index in [9.17, 15) is 5.11 Å². The molecule has 2 N–H and O–H groups in total. The molecule has 0 amide bonds. The number of nitrogens with zero attached hydrogens (tertiary/aromatic N) is 1. The van der Waals surface area contributed by atoms with Gasteiger partial charge in [-0.1, -0.05) is 23.7 Å². The van der Waals surface area contributed by atoms with E-state index in [-0.39, 0.29) is 11.8 Å². The maximum Gasteiger partial charge on any atom is 0.136 e. The van der Waals surface area contributed by atoms with E-state index in [1.54, 1.807) is 0 Å². The highest BCUT2D eigenvalue weighted by Crippen LogP contribution is 2.40. The largest absolute Gasteiger partial charge is 0.506 e. The van der Waals surface area contributed by atoms with Crippen LogP contribution in [0.25, 0.3) is 0 Å². The van der Waals surface area contributed by atoms with Crippen molar-refractivity contribution in [3.8, 4) is 5.75 Å². The number of nitrogens with one attached hydrogen (secondary N) is 1. The van der Waals surface area contributed by atoms with Crippen molar-refractivity contribution in [1.29, 1.82) is 0 Å². The van der Waals surface area contributed by atoms with E-state index in [4.69, 9.17) is 11.6 Å². The molecule has 1 fully saturated rings. The van der Waals surface area contributed by atoms with Crippen LogP contribution < -0.4 is 5.32 Å². The minimum Gasteiger partial charge on any atom is -0.506 e. The lowest BCUT2D eigenvalue weighted by Gasteiger charge is -2.35. The molecule has 0 aliphatic carbocycles. The van der Waals surface area contributed by atoms with E-state index in [1.165, 1.54) is 0 Å². The summed E-state index contributed by atoms with van der Waals surface area (Å²) in [4.78, 5) is 2.37. The second kappa shape index (κ2) is 6.75. The zero-order valence-corrected chi connectivity index (χ0v) is 13.0. The number of hydrogen-bond donors (Lipinski definition) is 2. The summed E-state index contributed by atoms with van der Waals surface area (Å²) in [5.41, 5.74) is 0.901. The predicted molar refractivity (Wildman–Crippen MR) is 82.8 cm³/mol. The normalized spacial score (nSPS) is 18.2. The summed E-state index contributed by atoms with van der Waals surface area (Å²) in [7, 11) is 0. The average molecular weight is 346 g/mol. The van der Waals surface area contributed by atoms with Crippen molar-refractivity contribution in [3.05, 3.63) is 39.8 Å². The molecule has 0 spiro atoms. The van der Waals surface area contributed by atoms with Crippen LogP contribution in [-0.2, 0) is 0 Å². The monoisotopic (exact) mass is 344 g/mol. The summed E-state index contributed by atoms with van der Waals surface area (Å²) in [6.45, 7) is 7.72. The number of piperazine rings is 1. The fourth-order valence-electron chi connectivity index (χ4n) is 2.45. The van der Waals surface area contributed by atoms with Gasteiger partial charge in [0.2, 0.25) is 0 Å². The quantitative estimate of drug-likeness (QED) is 0.822. The number of phenolic OH excluding ortho intramolecular Hbond substituents is 1. The molecule has 3 nitrogen and oxygen atoms in total. The first-order valence-corrected chi connectivity index (χ1v) is 7.54. The molecule has 1 heterocycles. The molecule has 0 radical (unpaired) electrons. The number of rotatable bonds is 4. The van der Waals surface area contributed by atoms with Gasteiger partial charge in [0, 0.05) is 37.8 Å². The second-order valence-electron chi connectivity index (χ2n) is 4.63. The number of phenols is 1. The van der Waals surface area contributed by atoms with Gasteiger partial charge < -0.3 is 10.4 Å². The molecule has 5 heteroatoms. The summed E-state index contributed by atoms with van der Waals surface area (Å²) in [6, 6.07) is 3.87. The fourth-order valence-corrected chi connectivity index (χ4v) is 2.96. The van der Waals surface area contributed by atoms with Crippen molar-refractivity contribution in [3.63, 3.8) is 0 Å². The number of benzene rings is 1. The van der Waals surface area contributed by atoms with Gasteiger partial charge in [0.15, 0.2) is 0 Å². The highest BCUT2D eigenvalue weighted by atomic mass is 79.9. The zero-order valence-electron chi connectivity index (χ0n) is 10.7. The Labute approximate surface area is 127 Å². The van der Waals surface area contributed by atoms with Crippen LogP contribution in [-0.4, -0.2) is 36.2 Å². The maximum absolute atomic E-state index is 10.3. The summed E-state index contributed by atoms with van der Waals surface area (Å²) >= 11 is 9.34. The van der Waals surface area contributed by atoms with Gasteiger partial charge in [-0.2, -0.15) is 0 Å². The van der Waals surface area contributed by atoms with Crippen molar-refractivity contribution >= 4 is 27.5 Å². The Kier molecular flexibility index (Phi) is 5.28. The van der Waals surface area contributed by atoms with Crippen LogP contribution in [0.1, 0.15) is 18.0 Å². The Hall–Kier alpha value is -0.550. The lowest BCUT2D eigenvalue weighted by molar-refractivity contribution is 0.172. The standard InChI is InChI=1S/C14H18BrClN2O/c1-2-3-12(18-8-6-17-7-9-18)10-4-5-11(16)13(15)14(10)19/h2,4-5,12,17,19H,1,3,6-9H2/t12-/m1/s1. The molecule has 0 aromatic heterocycles. The third-order valence-electron chi connectivity index (χ3n) is 3.44. The molecular weight excluding hydrogens is 328 g/mol. The highest BCUT2D eigenvalue weighted by molar-refractivity contribution is 9.10. The van der Waals surface area contributed by atoms with Crippen LogP contribution >= 0.6 is 27.5 Å². The first-order valence-electron chi connectivity index (χ1n) is 6.37. The Morgan fingerprint density at radius 1 is 1.47 bits per heavy atom. The maximum atomic E-state index is 10.3. The summed E-state index contributed by atoms with van der Waals surface area (Å²) in [5, 5.41) is 14.2. The molecule has 1 saturated heterocycles. The van der Waals surface area contributed by atoms with Gasteiger partial charge in [0.25, 0.3) is 0 Å². The smallest absolute Gasteiger partial charge is 0.136 e. The molecule has 1 aliphatic rings. The van der Waals surface area contributed by atoms with Crippen molar-refractivity contribution in [1.82, 2.24) is 10.2 Å². The first-order chi connectivity index (χ1) is 9.15. The van der Waals surface area contributed by atoms with Crippen LogP contribution in [0.5, 0.6) is 5.75 Å². The van der Waals surface area contributed by atoms with Crippen molar-refractivity contribution in [2.24, 2.45) is 0 Å². The minimum atomic E-state index is 0.146. The van der Waals surface area contributed by atoms with Crippen molar-refractivity contribution < 1.29 is 5.11 Å². The number of hydrogen-bond acceptors (Lipinski definition) is 3. The molecule has 0 saturated carbocycles. The molecule has 19 heavy (non-hydrogen) atoms. The van der Waals surface area contributed by atoms with E-state index in [0.29, 0.717) is 9.50 Å². The lowest BCUT2D eigenvalue weighted by atomic mass is 10.00. The molecule has 2 rings (SSSR count). The average Bonchev–Trinajstić information content (AvgIpc) is 2.44. The van der Waals surface area contributed by atoms with E-state index >= 15 is 0 Å². The van der Waals surface area contributed by atoms with Crippen LogP contribution in [0.4, 0.5) is 0 Å². The van der Waals surface area contributed by atoms with Crippen LogP contribution in [0.2, 0.25) is 5.02 Å². The van der Waals surface area contributed by atoms with Gasteiger partial charge in [-0.15, -0.1) is 6.58 Å². The van der Waals surface area contributed by atoms with E-state index < -0.39 is 0 Å². The second-order valence-corrected chi connectivity index (χ2v) is 5.83. The Morgan fingerprint density at radius 3 is 2.79 bits per heavy atom. The van der Waals surface area contributed by atoms with Gasteiger partial charge in [-0.3, -0.25) is 4.90 Å². The molecule has 1 aromatic carbocycles. The summed E-state index contributed by atoms with van der Waals surface area (Å²) < 4.78 is 0.566. The summed E-state index contributed by atoms with van der Waals surface area (Å²) in [5.74, 6) is 0.234. The minimum absolute atomic E-state index is 0.146. The fraction of sp³-hybridized carbons (Fsp3) is 0.429. The van der Waals surface area contributed by atoms with Gasteiger partial charge >= 0.3 is 0 Å². The number of halogens is 2. The lowest BCUT2D eigenvalue weighted by Crippen LogP contribution is -2.45. The third kappa shape index (κ3) is 3.31. The highest BCUT2D eigenvalue weighted by Gasteiger charge is 2.24. The van der Waals surface area contributed by atoms with Crippen LogP contribution in [0.3, 0.4) is 0 Å². The molecule has 0 unspecified atom stereocenters. The first kappa shape index (κ1) is 14.9. The molecule has 0 bridgehead atoms. The third-order valence-corrected chi connectivity index (χ3v) is 4.79. The topological polar surface area (TPSA) is 35.5 Å². The van der Waals surface area contributed by atoms with Crippen LogP contribution in [0, 0.1) is 0 Å².